The minimum absolute atomic E-state index is 0.187. The summed E-state index contributed by atoms with van der Waals surface area (Å²) in [6, 6.07) is 12.1. The van der Waals surface area contributed by atoms with Crippen molar-refractivity contribution in [1.82, 2.24) is 4.90 Å². The topological polar surface area (TPSA) is 93.1 Å². The largest absolute Gasteiger partial charge is 0.454 e. The van der Waals surface area contributed by atoms with Gasteiger partial charge in [0, 0.05) is 24.2 Å². The van der Waals surface area contributed by atoms with Gasteiger partial charge >= 0.3 is 5.97 Å². The number of rotatable bonds is 4. The van der Waals surface area contributed by atoms with Crippen molar-refractivity contribution in [1.29, 1.82) is 0 Å². The molecule has 8 heteroatoms. The van der Waals surface area contributed by atoms with Gasteiger partial charge in [0.15, 0.2) is 11.9 Å². The number of hydrogen-bond donors (Lipinski definition) is 0. The zero-order chi connectivity index (χ0) is 23.0. The fraction of sp³-hybridized carbons (Fsp3) is 0.375. The van der Waals surface area contributed by atoms with Crippen molar-refractivity contribution in [3.05, 3.63) is 64.7 Å². The highest BCUT2D eigenvalue weighted by atomic mass is 32.2. The van der Waals surface area contributed by atoms with E-state index >= 15 is 0 Å². The van der Waals surface area contributed by atoms with Crippen LogP contribution in [0.15, 0.2) is 51.8 Å². The van der Waals surface area contributed by atoms with Crippen molar-refractivity contribution in [3.63, 3.8) is 0 Å². The van der Waals surface area contributed by atoms with Crippen LogP contribution in [0, 0.1) is 19.8 Å². The summed E-state index contributed by atoms with van der Waals surface area (Å²) in [5, 5.41) is 0. The number of aryl methyl sites for hydroxylation is 2. The second-order valence-corrected chi connectivity index (χ2v) is 9.99. The molecule has 0 amide bonds. The molecule has 1 saturated heterocycles. The Morgan fingerprint density at radius 3 is 2.62 bits per heavy atom. The molecule has 0 spiro atoms. The van der Waals surface area contributed by atoms with Crippen LogP contribution < -0.4 is 0 Å². The van der Waals surface area contributed by atoms with Crippen molar-refractivity contribution < 1.29 is 22.7 Å². The first-order valence-corrected chi connectivity index (χ1v) is 12.1. The van der Waals surface area contributed by atoms with E-state index in [2.05, 4.69) is 4.40 Å². The summed E-state index contributed by atoms with van der Waals surface area (Å²) in [5.41, 5.74) is 3.16. The van der Waals surface area contributed by atoms with Gasteiger partial charge in [0.1, 0.15) is 4.90 Å². The van der Waals surface area contributed by atoms with Gasteiger partial charge in [-0.15, -0.1) is 4.40 Å². The van der Waals surface area contributed by atoms with Gasteiger partial charge < -0.3 is 9.64 Å². The van der Waals surface area contributed by atoms with E-state index < -0.39 is 28.0 Å². The normalized spacial score (nSPS) is 20.3. The summed E-state index contributed by atoms with van der Waals surface area (Å²) in [7, 11) is -3.72. The molecule has 2 aromatic carbocycles. The number of fused-ring (bicyclic) bond motifs is 1. The molecular weight excluding hydrogens is 428 g/mol. The Kier molecular flexibility index (Phi) is 5.90. The molecule has 2 heterocycles. The zero-order valence-corrected chi connectivity index (χ0v) is 19.2. The van der Waals surface area contributed by atoms with E-state index in [-0.39, 0.29) is 10.7 Å². The molecule has 168 valence electrons. The maximum atomic E-state index is 12.8. The highest BCUT2D eigenvalue weighted by Gasteiger charge is 2.36. The molecule has 0 saturated carbocycles. The van der Waals surface area contributed by atoms with Gasteiger partial charge in [-0.1, -0.05) is 24.3 Å². The van der Waals surface area contributed by atoms with E-state index in [0.29, 0.717) is 42.9 Å². The summed E-state index contributed by atoms with van der Waals surface area (Å²) in [4.78, 5) is 27.6. The van der Waals surface area contributed by atoms with Gasteiger partial charge in [-0.3, -0.25) is 9.59 Å². The molecule has 0 radical (unpaired) electrons. The summed E-state index contributed by atoms with van der Waals surface area (Å²) >= 11 is 0. The number of sulfonamides is 1. The highest BCUT2D eigenvalue weighted by Crippen LogP contribution is 2.30. The molecule has 1 fully saturated rings. The van der Waals surface area contributed by atoms with Crippen molar-refractivity contribution in [3.8, 4) is 0 Å². The van der Waals surface area contributed by atoms with E-state index in [1.54, 1.807) is 37.3 Å². The van der Waals surface area contributed by atoms with Crippen LogP contribution in [-0.2, 0) is 19.6 Å². The van der Waals surface area contributed by atoms with E-state index in [9.17, 15) is 18.0 Å². The van der Waals surface area contributed by atoms with Gasteiger partial charge in [0.25, 0.3) is 10.0 Å². The van der Waals surface area contributed by atoms with E-state index in [4.69, 9.17) is 4.74 Å². The number of hydrogen-bond acceptors (Lipinski definition) is 6. The minimum atomic E-state index is -3.72. The number of esters is 1. The number of carbonyl (C=O) groups excluding carboxylic acids is 2. The number of benzene rings is 2. The molecule has 0 aliphatic carbocycles. The highest BCUT2D eigenvalue weighted by molar-refractivity contribution is 7.90. The monoisotopic (exact) mass is 454 g/mol. The van der Waals surface area contributed by atoms with Gasteiger partial charge in [-0.2, -0.15) is 8.42 Å². The van der Waals surface area contributed by atoms with Crippen LogP contribution in [0.2, 0.25) is 0 Å². The Bertz CT molecular complexity index is 1220. The smallest absolute Gasteiger partial charge is 0.311 e. The maximum absolute atomic E-state index is 12.8. The fourth-order valence-electron chi connectivity index (χ4n) is 4.13. The second-order valence-electron chi connectivity index (χ2n) is 8.41. The molecular formula is C24H26N2O5S. The Hall–Kier alpha value is -3.00. The minimum Gasteiger partial charge on any atom is -0.454 e. The van der Waals surface area contributed by atoms with Crippen LogP contribution in [0.3, 0.4) is 0 Å². The fourth-order valence-corrected chi connectivity index (χ4v) is 5.36. The molecule has 0 N–H and O–H groups in total. The van der Waals surface area contributed by atoms with Gasteiger partial charge in [-0.25, -0.2) is 0 Å². The molecule has 2 aliphatic rings. The van der Waals surface area contributed by atoms with Crippen LogP contribution >= 0.6 is 0 Å². The van der Waals surface area contributed by atoms with Crippen molar-refractivity contribution in [2.75, 3.05) is 13.1 Å². The SMILES string of the molecule is Cc1ccc(C(=O)C(C)OC(=O)C2CCCN(C3=NS(=O)(=O)c4ccccc43)C2)cc1C. The quantitative estimate of drug-likeness (QED) is 0.520. The summed E-state index contributed by atoms with van der Waals surface area (Å²) in [6.45, 7) is 6.39. The summed E-state index contributed by atoms with van der Waals surface area (Å²) in [5.74, 6) is -0.780. The van der Waals surface area contributed by atoms with Crippen LogP contribution in [0.25, 0.3) is 0 Å². The van der Waals surface area contributed by atoms with Crippen LogP contribution in [0.4, 0.5) is 0 Å². The maximum Gasteiger partial charge on any atom is 0.311 e. The Morgan fingerprint density at radius 2 is 1.88 bits per heavy atom. The lowest BCUT2D eigenvalue weighted by Crippen LogP contribution is -2.43. The number of piperidine rings is 1. The molecule has 2 unspecified atom stereocenters. The van der Waals surface area contributed by atoms with Gasteiger partial charge in [0.2, 0.25) is 5.78 Å². The van der Waals surface area contributed by atoms with Crippen LogP contribution in [-0.4, -0.2) is 50.1 Å². The lowest BCUT2D eigenvalue weighted by atomic mass is 9.97. The van der Waals surface area contributed by atoms with Crippen LogP contribution in [0.1, 0.15) is 46.8 Å². The van der Waals surface area contributed by atoms with Crippen molar-refractivity contribution in [2.45, 2.75) is 44.6 Å². The average Bonchev–Trinajstić information content (AvgIpc) is 3.06. The molecule has 2 aromatic rings. The standard InChI is InChI=1S/C24H26N2O5S/c1-15-10-11-18(13-16(15)2)22(27)17(3)31-24(28)19-7-6-12-26(14-19)23-20-8-4-5-9-21(20)32(29,30)25-23/h4-5,8-11,13,17,19H,6-7,12,14H2,1-3H3. The number of nitrogens with zero attached hydrogens (tertiary/aromatic N) is 2. The van der Waals surface area contributed by atoms with E-state index in [0.717, 1.165) is 11.1 Å². The van der Waals surface area contributed by atoms with Gasteiger partial charge in [-0.05, 0) is 62.9 Å². The second kappa shape index (κ2) is 8.50. The van der Waals surface area contributed by atoms with E-state index in [1.807, 2.05) is 24.8 Å². The first-order valence-electron chi connectivity index (χ1n) is 10.7. The molecule has 32 heavy (non-hydrogen) atoms. The predicted molar refractivity (Wildman–Crippen MR) is 120 cm³/mol. The third-order valence-corrected chi connectivity index (χ3v) is 7.45. The number of amidine groups is 1. The average molecular weight is 455 g/mol. The molecule has 4 rings (SSSR count). The number of ether oxygens (including phenoxy) is 1. The zero-order valence-electron chi connectivity index (χ0n) is 18.4. The lowest BCUT2D eigenvalue weighted by Gasteiger charge is -2.33. The van der Waals surface area contributed by atoms with Crippen molar-refractivity contribution in [2.24, 2.45) is 10.3 Å². The molecule has 7 nitrogen and oxygen atoms in total. The first kappa shape index (κ1) is 22.2. The number of likely N-dealkylation sites (tertiary alicyclic amines) is 1. The molecule has 0 bridgehead atoms. The van der Waals surface area contributed by atoms with E-state index in [1.165, 1.54) is 6.07 Å². The Labute approximate surface area is 188 Å². The number of Topliss-reactive ketones (excluding diaryl/α,β-unsaturated/α-hetero) is 1. The summed E-state index contributed by atoms with van der Waals surface area (Å²) < 4.78 is 34.2. The van der Waals surface area contributed by atoms with Crippen LogP contribution in [0.5, 0.6) is 0 Å². The molecule has 2 aliphatic heterocycles. The molecule has 2 atom stereocenters. The summed E-state index contributed by atoms with van der Waals surface area (Å²) in [6.07, 6.45) is 0.409. The first-order chi connectivity index (χ1) is 15.2. The van der Waals surface area contributed by atoms with Crippen molar-refractivity contribution >= 4 is 27.6 Å². The Morgan fingerprint density at radius 1 is 1.12 bits per heavy atom. The molecule has 0 aromatic heterocycles. The third kappa shape index (κ3) is 4.19. The third-order valence-electron chi connectivity index (χ3n) is 6.12. The lowest BCUT2D eigenvalue weighted by molar-refractivity contribution is -0.152. The number of carbonyl (C=O) groups is 2. The Balaban J connectivity index is 1.45. The predicted octanol–water partition coefficient (Wildman–Crippen LogP) is 3.28. The van der Waals surface area contributed by atoms with Gasteiger partial charge in [0.05, 0.1) is 5.92 Å². The number of ketones is 1.